The van der Waals surface area contributed by atoms with Gasteiger partial charge in [-0.1, -0.05) is 24.3 Å². The Morgan fingerprint density at radius 2 is 1.62 bits per heavy atom. The lowest BCUT2D eigenvalue weighted by Gasteiger charge is -2.19. The second kappa shape index (κ2) is 5.51. The van der Waals surface area contributed by atoms with Gasteiger partial charge in [0.1, 0.15) is 5.75 Å². The molecule has 3 rings (SSSR count). The van der Waals surface area contributed by atoms with E-state index in [9.17, 15) is 5.11 Å². The van der Waals surface area contributed by atoms with Crippen LogP contribution in [-0.2, 0) is 0 Å². The molecule has 0 aliphatic rings. The van der Waals surface area contributed by atoms with E-state index in [0.29, 0.717) is 5.56 Å². The molecular formula is C17H13N3O. The fraction of sp³-hybridized carbons (Fsp3) is 0.0588. The summed E-state index contributed by atoms with van der Waals surface area (Å²) in [7, 11) is 0. The number of hydrogen-bond acceptors (Lipinski definition) is 3. The molecule has 2 aromatic carbocycles. The molecule has 0 radical (unpaired) electrons. The average Bonchev–Trinajstić information content (AvgIpc) is 3.04. The first-order valence-corrected chi connectivity index (χ1v) is 6.54. The quantitative estimate of drug-likeness (QED) is 0.799. The van der Waals surface area contributed by atoms with E-state index in [1.807, 2.05) is 35.0 Å². The summed E-state index contributed by atoms with van der Waals surface area (Å²) >= 11 is 0. The van der Waals surface area contributed by atoms with Gasteiger partial charge in [-0.2, -0.15) is 5.26 Å². The molecule has 0 spiro atoms. The van der Waals surface area contributed by atoms with Gasteiger partial charge in [0.15, 0.2) is 0 Å². The molecule has 1 unspecified atom stereocenters. The minimum absolute atomic E-state index is 0.0409. The van der Waals surface area contributed by atoms with Gasteiger partial charge in [0.2, 0.25) is 0 Å². The predicted octanol–water partition coefficient (Wildman–Crippen LogP) is 3.10. The number of imidazole rings is 1. The van der Waals surface area contributed by atoms with Crippen LogP contribution in [0, 0.1) is 11.3 Å². The first-order chi connectivity index (χ1) is 10.3. The molecule has 1 aromatic heterocycles. The second-order valence-electron chi connectivity index (χ2n) is 4.74. The molecule has 0 amide bonds. The number of nitriles is 1. The number of rotatable bonds is 3. The van der Waals surface area contributed by atoms with Crippen molar-refractivity contribution in [3.05, 3.63) is 83.9 Å². The topological polar surface area (TPSA) is 61.8 Å². The molecular weight excluding hydrogens is 262 g/mol. The van der Waals surface area contributed by atoms with Crippen LogP contribution >= 0.6 is 0 Å². The third-order valence-electron chi connectivity index (χ3n) is 3.39. The van der Waals surface area contributed by atoms with E-state index in [1.54, 1.807) is 36.8 Å². The van der Waals surface area contributed by atoms with E-state index in [-0.39, 0.29) is 11.8 Å². The number of benzene rings is 2. The summed E-state index contributed by atoms with van der Waals surface area (Å²) in [6.45, 7) is 0. The molecule has 102 valence electrons. The monoisotopic (exact) mass is 275 g/mol. The fourth-order valence-electron chi connectivity index (χ4n) is 2.36. The summed E-state index contributed by atoms with van der Waals surface area (Å²) in [5, 5.41) is 18.4. The molecule has 0 saturated heterocycles. The number of aromatic hydroxyl groups is 1. The van der Waals surface area contributed by atoms with Crippen LogP contribution in [0.3, 0.4) is 0 Å². The van der Waals surface area contributed by atoms with Crippen molar-refractivity contribution in [2.75, 3.05) is 0 Å². The average molecular weight is 275 g/mol. The molecule has 0 bridgehead atoms. The molecule has 4 heteroatoms. The standard InChI is InChI=1S/C17H13N3O/c18-11-13-1-3-14(4-2-13)17(20-10-9-19-12-20)15-5-7-16(21)8-6-15/h1-10,12,17,21H. The Labute approximate surface area is 122 Å². The summed E-state index contributed by atoms with van der Waals surface area (Å²) in [6, 6.07) is 16.7. The Kier molecular flexibility index (Phi) is 3.40. The lowest BCUT2D eigenvalue weighted by molar-refractivity contribution is 0.474. The highest BCUT2D eigenvalue weighted by Crippen LogP contribution is 2.27. The van der Waals surface area contributed by atoms with E-state index < -0.39 is 0 Å². The zero-order valence-corrected chi connectivity index (χ0v) is 11.2. The Hall–Kier alpha value is -3.06. The second-order valence-corrected chi connectivity index (χ2v) is 4.74. The Bertz CT molecular complexity index is 753. The number of hydrogen-bond donors (Lipinski definition) is 1. The van der Waals surface area contributed by atoms with Crippen molar-refractivity contribution in [3.8, 4) is 11.8 Å². The molecule has 1 atom stereocenters. The maximum atomic E-state index is 9.45. The number of phenolic OH excluding ortho intramolecular Hbond substituents is 1. The van der Waals surface area contributed by atoms with Crippen molar-refractivity contribution in [2.24, 2.45) is 0 Å². The maximum absolute atomic E-state index is 9.45. The predicted molar refractivity (Wildman–Crippen MR) is 78.7 cm³/mol. The minimum atomic E-state index is -0.0409. The van der Waals surface area contributed by atoms with E-state index in [0.717, 1.165) is 11.1 Å². The Morgan fingerprint density at radius 3 is 2.14 bits per heavy atom. The lowest BCUT2D eigenvalue weighted by atomic mass is 9.97. The van der Waals surface area contributed by atoms with Gasteiger partial charge >= 0.3 is 0 Å². The minimum Gasteiger partial charge on any atom is -0.508 e. The number of nitrogens with zero attached hydrogens (tertiary/aromatic N) is 3. The highest BCUT2D eigenvalue weighted by Gasteiger charge is 2.15. The smallest absolute Gasteiger partial charge is 0.115 e. The molecule has 1 heterocycles. The van der Waals surface area contributed by atoms with Crippen LogP contribution in [-0.4, -0.2) is 14.7 Å². The molecule has 1 N–H and O–H groups in total. The zero-order valence-electron chi connectivity index (χ0n) is 11.2. The van der Waals surface area contributed by atoms with Crippen molar-refractivity contribution in [2.45, 2.75) is 6.04 Å². The van der Waals surface area contributed by atoms with Crippen LogP contribution in [0.2, 0.25) is 0 Å². The Morgan fingerprint density at radius 1 is 1.00 bits per heavy atom. The first-order valence-electron chi connectivity index (χ1n) is 6.54. The first kappa shape index (κ1) is 12.9. The van der Waals surface area contributed by atoms with Crippen LogP contribution < -0.4 is 0 Å². The van der Waals surface area contributed by atoms with E-state index >= 15 is 0 Å². The van der Waals surface area contributed by atoms with Crippen molar-refractivity contribution < 1.29 is 5.11 Å². The molecule has 0 saturated carbocycles. The van der Waals surface area contributed by atoms with Gasteiger partial charge in [-0.3, -0.25) is 0 Å². The largest absolute Gasteiger partial charge is 0.508 e. The SMILES string of the molecule is N#Cc1ccc(C(c2ccc(O)cc2)n2ccnc2)cc1. The van der Waals surface area contributed by atoms with Gasteiger partial charge in [0.05, 0.1) is 24.0 Å². The van der Waals surface area contributed by atoms with Gasteiger partial charge in [0.25, 0.3) is 0 Å². The molecule has 21 heavy (non-hydrogen) atoms. The summed E-state index contributed by atoms with van der Waals surface area (Å²) in [5.41, 5.74) is 2.72. The zero-order chi connectivity index (χ0) is 14.7. The van der Waals surface area contributed by atoms with Gasteiger partial charge in [-0.15, -0.1) is 0 Å². The van der Waals surface area contributed by atoms with Crippen molar-refractivity contribution in [1.29, 1.82) is 5.26 Å². The highest BCUT2D eigenvalue weighted by atomic mass is 16.3. The third-order valence-corrected chi connectivity index (χ3v) is 3.39. The van der Waals surface area contributed by atoms with E-state index in [4.69, 9.17) is 5.26 Å². The van der Waals surface area contributed by atoms with Crippen LogP contribution in [0.5, 0.6) is 5.75 Å². The van der Waals surface area contributed by atoms with E-state index in [1.165, 1.54) is 0 Å². The summed E-state index contributed by atoms with van der Waals surface area (Å²) in [6.07, 6.45) is 5.39. The van der Waals surface area contributed by atoms with Crippen molar-refractivity contribution in [3.63, 3.8) is 0 Å². The van der Waals surface area contributed by atoms with Gasteiger partial charge in [0, 0.05) is 12.4 Å². The maximum Gasteiger partial charge on any atom is 0.115 e. The number of aromatic nitrogens is 2. The van der Waals surface area contributed by atoms with Crippen LogP contribution in [0.15, 0.2) is 67.3 Å². The lowest BCUT2D eigenvalue weighted by Crippen LogP contribution is -2.10. The molecule has 0 aliphatic carbocycles. The molecule has 0 fully saturated rings. The highest BCUT2D eigenvalue weighted by molar-refractivity contribution is 5.39. The van der Waals surface area contributed by atoms with Crippen LogP contribution in [0.25, 0.3) is 0 Å². The molecule has 0 aliphatic heterocycles. The van der Waals surface area contributed by atoms with Crippen molar-refractivity contribution >= 4 is 0 Å². The summed E-state index contributed by atoms with van der Waals surface area (Å²) < 4.78 is 1.99. The Balaban J connectivity index is 2.08. The summed E-state index contributed by atoms with van der Waals surface area (Å²) in [5.74, 6) is 0.239. The van der Waals surface area contributed by atoms with Crippen LogP contribution in [0.4, 0.5) is 0 Å². The number of phenols is 1. The van der Waals surface area contributed by atoms with Crippen LogP contribution in [0.1, 0.15) is 22.7 Å². The van der Waals surface area contributed by atoms with E-state index in [2.05, 4.69) is 11.1 Å². The molecule has 4 nitrogen and oxygen atoms in total. The fourth-order valence-corrected chi connectivity index (χ4v) is 2.36. The van der Waals surface area contributed by atoms with Gasteiger partial charge in [-0.05, 0) is 35.4 Å². The van der Waals surface area contributed by atoms with Gasteiger partial charge in [-0.25, -0.2) is 4.98 Å². The third kappa shape index (κ3) is 2.63. The summed E-state index contributed by atoms with van der Waals surface area (Å²) in [4.78, 5) is 4.11. The van der Waals surface area contributed by atoms with Gasteiger partial charge < -0.3 is 9.67 Å². The molecule has 3 aromatic rings. The normalized spacial score (nSPS) is 11.8. The van der Waals surface area contributed by atoms with Crippen molar-refractivity contribution in [1.82, 2.24) is 9.55 Å².